The fraction of sp³-hybridized carbons (Fsp3) is 0.200. The molecule has 2 heteroatoms. The fourth-order valence-electron chi connectivity index (χ4n) is 0.919. The molecule has 1 aromatic rings. The van der Waals surface area contributed by atoms with E-state index in [1.165, 1.54) is 0 Å². The molecule has 0 aliphatic heterocycles. The molecule has 0 aromatic heterocycles. The quantitative estimate of drug-likeness (QED) is 0.714. The van der Waals surface area contributed by atoms with Crippen LogP contribution in [-0.2, 0) is 6.54 Å². The zero-order valence-electron chi connectivity index (χ0n) is 7.17. The lowest BCUT2D eigenvalue weighted by Gasteiger charge is -2.04. The van der Waals surface area contributed by atoms with E-state index in [9.17, 15) is 0 Å². The van der Waals surface area contributed by atoms with Crippen LogP contribution in [0.2, 0.25) is 0 Å². The molecule has 0 unspecified atom stereocenters. The molecular formula is C10H13NO. The summed E-state index contributed by atoms with van der Waals surface area (Å²) in [4.78, 5) is 0. The van der Waals surface area contributed by atoms with Gasteiger partial charge in [0, 0.05) is 12.2 Å². The van der Waals surface area contributed by atoms with Crippen LogP contribution in [0.5, 0.6) is 5.75 Å². The van der Waals surface area contributed by atoms with Crippen molar-refractivity contribution >= 4 is 0 Å². The van der Waals surface area contributed by atoms with Gasteiger partial charge in [0.25, 0.3) is 0 Å². The smallest absolute Gasteiger partial charge is 0.115 e. The Morgan fingerprint density at radius 1 is 1.58 bits per heavy atom. The highest BCUT2D eigenvalue weighted by atomic mass is 16.3. The summed E-state index contributed by atoms with van der Waals surface area (Å²) >= 11 is 0. The van der Waals surface area contributed by atoms with Crippen molar-refractivity contribution in [2.45, 2.75) is 13.5 Å². The summed E-state index contributed by atoms with van der Waals surface area (Å²) in [5.74, 6) is 0.302. The van der Waals surface area contributed by atoms with E-state index in [-0.39, 0.29) is 0 Å². The Hall–Kier alpha value is -1.44. The molecule has 0 saturated carbocycles. The van der Waals surface area contributed by atoms with E-state index >= 15 is 0 Å². The minimum atomic E-state index is 0.302. The topological polar surface area (TPSA) is 32.3 Å². The molecule has 1 aromatic carbocycles. The van der Waals surface area contributed by atoms with Gasteiger partial charge in [0.15, 0.2) is 0 Å². The third-order valence-corrected chi connectivity index (χ3v) is 1.50. The van der Waals surface area contributed by atoms with Crippen LogP contribution < -0.4 is 5.32 Å². The Labute approximate surface area is 72.5 Å². The molecule has 12 heavy (non-hydrogen) atoms. The van der Waals surface area contributed by atoms with Gasteiger partial charge in [0.1, 0.15) is 5.75 Å². The van der Waals surface area contributed by atoms with Crippen LogP contribution >= 0.6 is 0 Å². The second-order valence-corrected chi connectivity index (χ2v) is 2.80. The van der Waals surface area contributed by atoms with Gasteiger partial charge >= 0.3 is 0 Å². The van der Waals surface area contributed by atoms with E-state index in [4.69, 9.17) is 5.11 Å². The van der Waals surface area contributed by atoms with Crippen molar-refractivity contribution in [3.05, 3.63) is 42.1 Å². The third-order valence-electron chi connectivity index (χ3n) is 1.50. The van der Waals surface area contributed by atoms with Crippen molar-refractivity contribution in [1.82, 2.24) is 5.32 Å². The predicted octanol–water partition coefficient (Wildman–Crippen LogP) is 2.02. The fourth-order valence-corrected chi connectivity index (χ4v) is 0.919. The molecule has 64 valence electrons. The van der Waals surface area contributed by atoms with Gasteiger partial charge in [-0.15, -0.1) is 0 Å². The summed E-state index contributed by atoms with van der Waals surface area (Å²) in [5, 5.41) is 12.2. The van der Waals surface area contributed by atoms with Gasteiger partial charge in [-0.1, -0.05) is 18.7 Å². The molecule has 2 N–H and O–H groups in total. The molecule has 0 aliphatic carbocycles. The first-order valence-electron chi connectivity index (χ1n) is 3.86. The number of phenolic OH excluding ortho intramolecular Hbond substituents is 1. The van der Waals surface area contributed by atoms with Gasteiger partial charge in [-0.05, 0) is 24.6 Å². The van der Waals surface area contributed by atoms with E-state index in [1.807, 2.05) is 19.1 Å². The van der Waals surface area contributed by atoms with Gasteiger partial charge in [0.2, 0.25) is 0 Å². The maximum atomic E-state index is 9.13. The average Bonchev–Trinajstić information content (AvgIpc) is 2.01. The van der Waals surface area contributed by atoms with Gasteiger partial charge in [0.05, 0.1) is 0 Å². The van der Waals surface area contributed by atoms with E-state index in [2.05, 4.69) is 11.9 Å². The van der Waals surface area contributed by atoms with Gasteiger partial charge in [-0.25, -0.2) is 0 Å². The summed E-state index contributed by atoms with van der Waals surface area (Å²) in [6.07, 6.45) is 0. The van der Waals surface area contributed by atoms with Crippen molar-refractivity contribution in [3.63, 3.8) is 0 Å². The number of rotatable bonds is 3. The molecule has 0 atom stereocenters. The highest BCUT2D eigenvalue weighted by Crippen LogP contribution is 2.10. The summed E-state index contributed by atoms with van der Waals surface area (Å²) in [6, 6.07) is 7.17. The number of aromatic hydroxyl groups is 1. The summed E-state index contributed by atoms with van der Waals surface area (Å²) in [6.45, 7) is 6.34. The second kappa shape index (κ2) is 3.81. The predicted molar refractivity (Wildman–Crippen MR) is 49.8 cm³/mol. The van der Waals surface area contributed by atoms with Crippen molar-refractivity contribution in [2.75, 3.05) is 0 Å². The number of allylic oxidation sites excluding steroid dienone is 1. The van der Waals surface area contributed by atoms with E-state index in [1.54, 1.807) is 12.1 Å². The molecule has 0 radical (unpaired) electrons. The van der Waals surface area contributed by atoms with Gasteiger partial charge in [-0.2, -0.15) is 0 Å². The lowest BCUT2D eigenvalue weighted by molar-refractivity contribution is 0.474. The number of phenols is 1. The second-order valence-electron chi connectivity index (χ2n) is 2.80. The SMILES string of the molecule is C=C(C)NCc1cccc(O)c1. The number of hydrogen-bond donors (Lipinski definition) is 2. The van der Waals surface area contributed by atoms with E-state index < -0.39 is 0 Å². The normalized spacial score (nSPS) is 9.42. The largest absolute Gasteiger partial charge is 0.508 e. The van der Waals surface area contributed by atoms with Crippen LogP contribution in [0.25, 0.3) is 0 Å². The monoisotopic (exact) mass is 163 g/mol. The van der Waals surface area contributed by atoms with Crippen molar-refractivity contribution in [3.8, 4) is 5.75 Å². The van der Waals surface area contributed by atoms with Crippen LogP contribution in [0.1, 0.15) is 12.5 Å². The maximum Gasteiger partial charge on any atom is 0.115 e. The molecule has 0 spiro atoms. The molecule has 2 nitrogen and oxygen atoms in total. The standard InChI is InChI=1S/C10H13NO/c1-8(2)11-7-9-4-3-5-10(12)6-9/h3-6,11-12H,1,7H2,2H3. The van der Waals surface area contributed by atoms with Crippen LogP contribution in [0.4, 0.5) is 0 Å². The average molecular weight is 163 g/mol. The van der Waals surface area contributed by atoms with E-state index in [0.29, 0.717) is 12.3 Å². The highest BCUT2D eigenvalue weighted by Gasteiger charge is 1.92. The number of benzene rings is 1. The highest BCUT2D eigenvalue weighted by molar-refractivity contribution is 5.27. The first-order chi connectivity index (χ1) is 5.68. The first-order valence-corrected chi connectivity index (χ1v) is 3.86. The van der Waals surface area contributed by atoms with Gasteiger partial charge in [-0.3, -0.25) is 0 Å². The molecular weight excluding hydrogens is 150 g/mol. The molecule has 0 saturated heterocycles. The van der Waals surface area contributed by atoms with Crippen LogP contribution in [0, 0.1) is 0 Å². The Morgan fingerprint density at radius 2 is 2.33 bits per heavy atom. The zero-order chi connectivity index (χ0) is 8.97. The minimum Gasteiger partial charge on any atom is -0.508 e. The summed E-state index contributed by atoms with van der Waals surface area (Å²) in [5.41, 5.74) is 1.98. The molecule has 0 aliphatic rings. The van der Waals surface area contributed by atoms with E-state index in [0.717, 1.165) is 11.3 Å². The molecule has 0 fully saturated rings. The number of nitrogens with one attached hydrogen (secondary N) is 1. The maximum absolute atomic E-state index is 9.13. The molecule has 0 heterocycles. The van der Waals surface area contributed by atoms with Crippen LogP contribution in [0.3, 0.4) is 0 Å². The zero-order valence-corrected chi connectivity index (χ0v) is 7.17. The lowest BCUT2D eigenvalue weighted by Crippen LogP contribution is -2.08. The van der Waals surface area contributed by atoms with Crippen molar-refractivity contribution in [2.24, 2.45) is 0 Å². The summed E-state index contributed by atoms with van der Waals surface area (Å²) in [7, 11) is 0. The third kappa shape index (κ3) is 2.66. The first kappa shape index (κ1) is 8.65. The Kier molecular flexibility index (Phi) is 2.75. The molecule has 0 bridgehead atoms. The Bertz CT molecular complexity index is 281. The Balaban J connectivity index is 2.57. The molecule has 1 rings (SSSR count). The number of hydrogen-bond acceptors (Lipinski definition) is 2. The molecule has 0 amide bonds. The van der Waals surface area contributed by atoms with Crippen LogP contribution in [-0.4, -0.2) is 5.11 Å². The minimum absolute atomic E-state index is 0.302. The van der Waals surface area contributed by atoms with Crippen molar-refractivity contribution < 1.29 is 5.11 Å². The Morgan fingerprint density at radius 3 is 2.92 bits per heavy atom. The van der Waals surface area contributed by atoms with Gasteiger partial charge < -0.3 is 10.4 Å². The summed E-state index contributed by atoms with van der Waals surface area (Å²) < 4.78 is 0. The van der Waals surface area contributed by atoms with Crippen molar-refractivity contribution in [1.29, 1.82) is 0 Å². The lowest BCUT2D eigenvalue weighted by atomic mass is 10.2. The van der Waals surface area contributed by atoms with Crippen LogP contribution in [0.15, 0.2) is 36.5 Å².